The number of halogens is 1. The largest absolute Gasteiger partial charge is 0.482 e. The van der Waals surface area contributed by atoms with Crippen molar-refractivity contribution in [1.82, 2.24) is 25.1 Å². The Morgan fingerprint density at radius 1 is 0.870 bits per heavy atom. The first-order valence-electron chi connectivity index (χ1n) is 15.5. The van der Waals surface area contributed by atoms with Crippen LogP contribution in [-0.2, 0) is 25.5 Å². The Morgan fingerprint density at radius 3 is 2.28 bits per heavy atom. The van der Waals surface area contributed by atoms with Gasteiger partial charge in [0.25, 0.3) is 11.8 Å². The van der Waals surface area contributed by atoms with Crippen molar-refractivity contribution in [3.05, 3.63) is 40.7 Å². The summed E-state index contributed by atoms with van der Waals surface area (Å²) < 4.78 is 10.6. The molecule has 0 bridgehead atoms. The minimum atomic E-state index is -0.601. The molecule has 1 aromatic heterocycles. The molecule has 3 aliphatic rings. The van der Waals surface area contributed by atoms with Gasteiger partial charge in [-0.1, -0.05) is 23.7 Å². The molecule has 3 aliphatic heterocycles. The number of aliphatic imine (C=N–C) groups is 1. The van der Waals surface area contributed by atoms with Crippen molar-refractivity contribution in [1.29, 1.82) is 0 Å². The third-order valence-electron chi connectivity index (χ3n) is 8.60. The molecule has 0 atom stereocenters. The van der Waals surface area contributed by atoms with Crippen LogP contribution in [0.5, 0.6) is 5.75 Å². The molecule has 5 N–H and O–H groups in total. The number of aryl methyl sites for hydroxylation is 1. The van der Waals surface area contributed by atoms with Gasteiger partial charge in [0.05, 0.1) is 5.54 Å². The van der Waals surface area contributed by atoms with Crippen LogP contribution in [0, 0.1) is 0 Å². The number of amides is 3. The maximum absolute atomic E-state index is 13.0. The van der Waals surface area contributed by atoms with Gasteiger partial charge >= 0.3 is 5.97 Å². The molecule has 1 aromatic carbocycles. The smallest absolute Gasteiger partial charge is 0.344 e. The van der Waals surface area contributed by atoms with Crippen LogP contribution in [0.4, 0.5) is 11.6 Å². The van der Waals surface area contributed by atoms with Gasteiger partial charge in [0.2, 0.25) is 5.91 Å². The molecular formula is C31H39ClN8O6. The summed E-state index contributed by atoms with van der Waals surface area (Å²) in [6, 6.07) is 7.21. The van der Waals surface area contributed by atoms with Crippen molar-refractivity contribution in [3.8, 4) is 5.75 Å². The number of aromatic nitrogens is 2. The molecule has 246 valence electrons. The molecule has 5 rings (SSSR count). The fraction of sp³-hybridized carbons (Fsp3) is 0.516. The van der Waals surface area contributed by atoms with Crippen LogP contribution in [0.25, 0.3) is 0 Å². The van der Waals surface area contributed by atoms with Crippen LogP contribution >= 0.6 is 11.6 Å². The van der Waals surface area contributed by atoms with Gasteiger partial charge in [-0.25, -0.2) is 14.8 Å². The number of esters is 1. The Kier molecular flexibility index (Phi) is 10.6. The van der Waals surface area contributed by atoms with Gasteiger partial charge in [0.15, 0.2) is 35.7 Å². The van der Waals surface area contributed by atoms with E-state index in [1.807, 2.05) is 17.0 Å². The SMILES string of the molecule is Nc1nc(N)c(C(=O)NC2=NC3(CC2)CCN(C(=O)CCc2ccc(OCC(=O)OCC(=O)N4CCCCC4)cc2)CC3)nc1Cl. The fourth-order valence-electron chi connectivity index (χ4n) is 5.90. The van der Waals surface area contributed by atoms with Crippen LogP contribution in [0.15, 0.2) is 29.3 Å². The molecule has 2 aromatic rings. The molecule has 14 nitrogen and oxygen atoms in total. The molecular weight excluding hydrogens is 616 g/mol. The number of piperidine rings is 2. The van der Waals surface area contributed by atoms with E-state index in [9.17, 15) is 19.2 Å². The molecule has 15 heteroatoms. The van der Waals surface area contributed by atoms with Crippen molar-refractivity contribution < 1.29 is 28.7 Å². The number of nitrogens with zero attached hydrogens (tertiary/aromatic N) is 5. The first kappa shape index (κ1) is 32.9. The predicted octanol–water partition coefficient (Wildman–Crippen LogP) is 2.15. The number of carbonyl (C=O) groups is 4. The Morgan fingerprint density at radius 2 is 1.57 bits per heavy atom. The van der Waals surface area contributed by atoms with Crippen LogP contribution in [0.3, 0.4) is 0 Å². The number of hydrogen-bond acceptors (Lipinski definition) is 11. The van der Waals surface area contributed by atoms with Crippen molar-refractivity contribution >= 4 is 52.8 Å². The van der Waals surface area contributed by atoms with E-state index in [1.54, 1.807) is 17.0 Å². The highest BCUT2D eigenvalue weighted by Crippen LogP contribution is 2.36. The number of benzene rings is 1. The normalized spacial score (nSPS) is 17.4. The van der Waals surface area contributed by atoms with E-state index in [2.05, 4.69) is 15.3 Å². The van der Waals surface area contributed by atoms with Crippen LogP contribution < -0.4 is 21.5 Å². The van der Waals surface area contributed by atoms with E-state index >= 15 is 0 Å². The highest BCUT2D eigenvalue weighted by molar-refractivity contribution is 6.31. The maximum atomic E-state index is 13.0. The number of amidine groups is 1. The summed E-state index contributed by atoms with van der Waals surface area (Å²) in [7, 11) is 0. The van der Waals surface area contributed by atoms with Crippen LogP contribution in [0.1, 0.15) is 67.4 Å². The molecule has 2 saturated heterocycles. The number of nitrogens with two attached hydrogens (primary N) is 2. The summed E-state index contributed by atoms with van der Waals surface area (Å²) in [5, 5.41) is 2.67. The number of carbonyl (C=O) groups excluding carboxylic acids is 4. The maximum Gasteiger partial charge on any atom is 0.344 e. The van der Waals surface area contributed by atoms with Gasteiger partial charge in [0.1, 0.15) is 11.6 Å². The van der Waals surface area contributed by atoms with Crippen LogP contribution in [-0.4, -0.2) is 94.2 Å². The number of nitrogen functional groups attached to an aromatic ring is 2. The highest BCUT2D eigenvalue weighted by Gasteiger charge is 2.39. The molecule has 1 spiro atoms. The third kappa shape index (κ3) is 8.42. The van der Waals surface area contributed by atoms with E-state index in [1.165, 1.54) is 0 Å². The standard InChI is InChI=1S/C31H39ClN8O6/c32-27-29(34)37-28(33)26(36-27)30(44)35-22-10-11-31(38-22)12-16-40(17-13-31)23(41)9-6-20-4-7-21(8-5-20)45-19-25(43)46-18-24(42)39-14-2-1-3-15-39/h4-5,7-8H,1-3,6,9-19H2,(H4,33,34,37)(H,35,38,44). The summed E-state index contributed by atoms with van der Waals surface area (Å²) >= 11 is 5.90. The van der Waals surface area contributed by atoms with E-state index in [0.717, 1.165) is 31.2 Å². The first-order chi connectivity index (χ1) is 22.1. The van der Waals surface area contributed by atoms with Gasteiger partial charge in [0, 0.05) is 39.0 Å². The number of ether oxygens (including phenoxy) is 2. The van der Waals surface area contributed by atoms with E-state index in [4.69, 9.17) is 37.5 Å². The summed E-state index contributed by atoms with van der Waals surface area (Å²) in [5.74, 6) is -0.372. The van der Waals surface area contributed by atoms with Crippen molar-refractivity contribution in [2.75, 3.05) is 50.9 Å². The fourth-order valence-corrected chi connectivity index (χ4v) is 6.02. The topological polar surface area (TPSA) is 195 Å². The Hall–Kier alpha value is -4.46. The number of hydrogen-bond donors (Lipinski definition) is 3. The van der Waals surface area contributed by atoms with Crippen molar-refractivity contribution in [3.63, 3.8) is 0 Å². The van der Waals surface area contributed by atoms with Crippen LogP contribution in [0.2, 0.25) is 5.15 Å². The van der Waals surface area contributed by atoms with E-state index < -0.39 is 11.9 Å². The quantitative estimate of drug-likeness (QED) is 0.337. The minimum absolute atomic E-state index is 0.0489. The predicted molar refractivity (Wildman–Crippen MR) is 170 cm³/mol. The highest BCUT2D eigenvalue weighted by atomic mass is 35.5. The van der Waals surface area contributed by atoms with E-state index in [-0.39, 0.29) is 53.0 Å². The molecule has 4 heterocycles. The second-order valence-corrected chi connectivity index (χ2v) is 12.1. The van der Waals surface area contributed by atoms with Gasteiger partial charge in [-0.2, -0.15) is 0 Å². The Bertz CT molecular complexity index is 1490. The molecule has 46 heavy (non-hydrogen) atoms. The van der Waals surface area contributed by atoms with Crippen molar-refractivity contribution in [2.45, 2.75) is 63.3 Å². The van der Waals surface area contributed by atoms with Gasteiger partial charge in [-0.15, -0.1) is 0 Å². The Labute approximate surface area is 271 Å². The second kappa shape index (κ2) is 14.8. The lowest BCUT2D eigenvalue weighted by molar-refractivity contribution is -0.154. The summed E-state index contributed by atoms with van der Waals surface area (Å²) in [5.41, 5.74) is 11.9. The number of nitrogens with one attached hydrogen (secondary N) is 1. The average molecular weight is 655 g/mol. The molecule has 0 radical (unpaired) electrons. The zero-order valence-electron chi connectivity index (χ0n) is 25.6. The zero-order valence-corrected chi connectivity index (χ0v) is 26.4. The zero-order chi connectivity index (χ0) is 32.7. The number of likely N-dealkylation sites (tertiary alicyclic amines) is 2. The molecule has 0 saturated carbocycles. The van der Waals surface area contributed by atoms with Gasteiger partial charge in [-0.3, -0.25) is 19.4 Å². The van der Waals surface area contributed by atoms with Gasteiger partial charge < -0.3 is 36.1 Å². The second-order valence-electron chi connectivity index (χ2n) is 11.8. The number of rotatable bonds is 9. The monoisotopic (exact) mass is 654 g/mol. The van der Waals surface area contributed by atoms with E-state index in [0.29, 0.717) is 69.9 Å². The summed E-state index contributed by atoms with van der Waals surface area (Å²) in [6.45, 7) is 2.02. The lowest BCUT2D eigenvalue weighted by Crippen LogP contribution is -2.45. The number of anilines is 2. The minimum Gasteiger partial charge on any atom is -0.482 e. The lowest BCUT2D eigenvalue weighted by atomic mass is 9.86. The molecule has 3 amide bonds. The molecule has 0 unspecified atom stereocenters. The molecule has 2 fully saturated rings. The summed E-state index contributed by atoms with van der Waals surface area (Å²) in [6.07, 6.45) is 6.77. The first-order valence-corrected chi connectivity index (χ1v) is 15.9. The summed E-state index contributed by atoms with van der Waals surface area (Å²) in [4.78, 5) is 66.0. The Balaban J connectivity index is 1.01. The van der Waals surface area contributed by atoms with Crippen molar-refractivity contribution in [2.24, 2.45) is 4.99 Å². The molecule has 0 aliphatic carbocycles. The van der Waals surface area contributed by atoms with Gasteiger partial charge in [-0.05, 0) is 62.6 Å². The third-order valence-corrected chi connectivity index (χ3v) is 8.88. The average Bonchev–Trinajstić information content (AvgIpc) is 3.45. The lowest BCUT2D eigenvalue weighted by Gasteiger charge is -2.37.